The highest BCUT2D eigenvalue weighted by molar-refractivity contribution is 5.71. The molecule has 0 spiro atoms. The summed E-state index contributed by atoms with van der Waals surface area (Å²) in [7, 11) is 0. The van der Waals surface area contributed by atoms with Gasteiger partial charge in [-0.15, -0.1) is 0 Å². The van der Waals surface area contributed by atoms with Crippen LogP contribution < -0.4 is 0 Å². The fraction of sp³-hybridized carbons (Fsp3) is 0.932. The molecule has 0 aromatic carbocycles. The van der Waals surface area contributed by atoms with Crippen molar-refractivity contribution in [1.82, 2.24) is 0 Å². The highest BCUT2D eigenvalue weighted by atomic mass is 16.6. The summed E-state index contributed by atoms with van der Waals surface area (Å²) in [6.07, 6.45) is 33.9. The lowest BCUT2D eigenvalue weighted by atomic mass is 10.0. The van der Waals surface area contributed by atoms with E-state index >= 15 is 0 Å². The second-order valence-electron chi connectivity index (χ2n) is 15.9. The minimum absolute atomic E-state index is 0.0662. The first-order valence-electron chi connectivity index (χ1n) is 21.7. The van der Waals surface area contributed by atoms with Crippen LogP contribution >= 0.6 is 0 Å². The molecule has 0 aliphatic carbocycles. The predicted molar refractivity (Wildman–Crippen MR) is 210 cm³/mol. The van der Waals surface area contributed by atoms with Crippen LogP contribution in [0.4, 0.5) is 0 Å². The van der Waals surface area contributed by atoms with Crippen LogP contribution in [0.15, 0.2) is 0 Å². The number of rotatable bonds is 38. The Kier molecular flexibility index (Phi) is 36.0. The zero-order chi connectivity index (χ0) is 36.9. The molecule has 6 heteroatoms. The molecule has 0 aromatic rings. The topological polar surface area (TPSA) is 78.9 Å². The van der Waals surface area contributed by atoms with Crippen LogP contribution in [0.3, 0.4) is 0 Å². The summed E-state index contributed by atoms with van der Waals surface area (Å²) in [5.74, 6) is 0.693. The maximum atomic E-state index is 12.6. The van der Waals surface area contributed by atoms with Crippen molar-refractivity contribution >= 4 is 17.9 Å². The molecule has 1 atom stereocenters. The summed E-state index contributed by atoms with van der Waals surface area (Å²) in [6.45, 7) is 11.2. The quantitative estimate of drug-likeness (QED) is 0.0361. The number of carbonyl (C=O) groups is 3. The molecule has 0 unspecified atom stereocenters. The third-order valence-electron chi connectivity index (χ3n) is 9.72. The zero-order valence-corrected chi connectivity index (χ0v) is 34.0. The number of carbonyl (C=O) groups excluding carboxylic acids is 3. The van der Waals surface area contributed by atoms with Crippen LogP contribution in [0.25, 0.3) is 0 Å². The molecule has 50 heavy (non-hydrogen) atoms. The first-order valence-corrected chi connectivity index (χ1v) is 21.7. The van der Waals surface area contributed by atoms with Gasteiger partial charge in [0, 0.05) is 19.3 Å². The maximum absolute atomic E-state index is 12.6. The van der Waals surface area contributed by atoms with Gasteiger partial charge in [0.1, 0.15) is 13.2 Å². The molecule has 0 N–H and O–H groups in total. The number of hydrogen-bond donors (Lipinski definition) is 0. The van der Waals surface area contributed by atoms with E-state index in [1.807, 2.05) is 0 Å². The van der Waals surface area contributed by atoms with Crippen LogP contribution in [-0.2, 0) is 28.6 Å². The molecule has 0 saturated carbocycles. The Bertz CT molecular complexity index is 764. The summed E-state index contributed by atoms with van der Waals surface area (Å²) in [4.78, 5) is 37.6. The van der Waals surface area contributed by atoms with E-state index in [4.69, 9.17) is 14.2 Å². The van der Waals surface area contributed by atoms with Crippen molar-refractivity contribution in [2.75, 3.05) is 13.2 Å². The van der Waals surface area contributed by atoms with E-state index in [1.54, 1.807) is 0 Å². The zero-order valence-electron chi connectivity index (χ0n) is 34.0. The minimum Gasteiger partial charge on any atom is -0.462 e. The molecular weight excluding hydrogens is 624 g/mol. The van der Waals surface area contributed by atoms with Gasteiger partial charge in [0.05, 0.1) is 0 Å². The van der Waals surface area contributed by atoms with Gasteiger partial charge >= 0.3 is 17.9 Å². The van der Waals surface area contributed by atoms with E-state index in [9.17, 15) is 14.4 Å². The summed E-state index contributed by atoms with van der Waals surface area (Å²) < 4.78 is 16.7. The van der Waals surface area contributed by atoms with E-state index in [0.29, 0.717) is 19.3 Å². The third kappa shape index (κ3) is 37.7. The lowest BCUT2D eigenvalue weighted by molar-refractivity contribution is -0.167. The number of ether oxygens (including phenoxy) is 3. The Morgan fingerprint density at radius 3 is 0.980 bits per heavy atom. The van der Waals surface area contributed by atoms with Crippen molar-refractivity contribution in [3.63, 3.8) is 0 Å². The fourth-order valence-corrected chi connectivity index (χ4v) is 6.40. The third-order valence-corrected chi connectivity index (χ3v) is 9.72. The monoisotopic (exact) mass is 709 g/mol. The molecule has 0 aliphatic heterocycles. The molecule has 0 rings (SSSR count). The largest absolute Gasteiger partial charge is 0.462 e. The van der Waals surface area contributed by atoms with Gasteiger partial charge in [0.25, 0.3) is 0 Å². The molecule has 0 amide bonds. The Hall–Kier alpha value is -1.59. The smallest absolute Gasteiger partial charge is 0.306 e. The Balaban J connectivity index is 4.34. The molecule has 0 saturated heterocycles. The van der Waals surface area contributed by atoms with Crippen molar-refractivity contribution in [1.29, 1.82) is 0 Å². The normalized spacial score (nSPS) is 12.1. The maximum Gasteiger partial charge on any atom is 0.306 e. The molecule has 6 nitrogen and oxygen atoms in total. The minimum atomic E-state index is -0.760. The molecule has 0 heterocycles. The highest BCUT2D eigenvalue weighted by Crippen LogP contribution is 2.16. The first-order chi connectivity index (χ1) is 24.2. The standard InChI is InChI=1S/C44H84O6/c1-6-7-8-9-10-11-12-13-14-19-24-29-34-42(45)48-37-41(50-44(47)36-31-26-21-16-18-23-28-33-40(4)5)38-49-43(46)35-30-25-20-15-17-22-27-32-39(2)3/h39-41H,6-38H2,1-5H3/t41-/m0/s1. The van der Waals surface area contributed by atoms with Crippen LogP contribution in [0, 0.1) is 11.8 Å². The SMILES string of the molecule is CCCCCCCCCCCCCCC(=O)OC[C@@H](COC(=O)CCCCCCCCCC(C)C)OC(=O)CCCCCCCCCC(C)C. The Labute approximate surface area is 310 Å². The van der Waals surface area contributed by atoms with E-state index in [1.165, 1.54) is 122 Å². The second-order valence-corrected chi connectivity index (χ2v) is 15.9. The summed E-state index contributed by atoms with van der Waals surface area (Å²) in [6, 6.07) is 0. The van der Waals surface area contributed by atoms with Crippen molar-refractivity contribution in [2.24, 2.45) is 11.8 Å². The number of esters is 3. The highest BCUT2D eigenvalue weighted by Gasteiger charge is 2.19. The number of hydrogen-bond acceptors (Lipinski definition) is 6. The molecule has 0 bridgehead atoms. The van der Waals surface area contributed by atoms with Crippen LogP contribution in [-0.4, -0.2) is 37.2 Å². The lowest BCUT2D eigenvalue weighted by Gasteiger charge is -2.18. The van der Waals surface area contributed by atoms with Gasteiger partial charge in [-0.05, 0) is 31.1 Å². The van der Waals surface area contributed by atoms with Gasteiger partial charge in [-0.1, -0.05) is 195 Å². The Morgan fingerprint density at radius 2 is 0.660 bits per heavy atom. The molecule has 0 radical (unpaired) electrons. The second kappa shape index (κ2) is 37.2. The van der Waals surface area contributed by atoms with Gasteiger partial charge in [-0.3, -0.25) is 14.4 Å². The van der Waals surface area contributed by atoms with Gasteiger partial charge < -0.3 is 14.2 Å². The van der Waals surface area contributed by atoms with Crippen LogP contribution in [0.5, 0.6) is 0 Å². The molecule has 0 aliphatic rings. The van der Waals surface area contributed by atoms with Crippen molar-refractivity contribution in [3.05, 3.63) is 0 Å². The van der Waals surface area contributed by atoms with Crippen molar-refractivity contribution < 1.29 is 28.6 Å². The predicted octanol–water partition coefficient (Wildman–Crippen LogP) is 13.4. The lowest BCUT2D eigenvalue weighted by Crippen LogP contribution is -2.30. The van der Waals surface area contributed by atoms with Crippen molar-refractivity contribution in [3.8, 4) is 0 Å². The van der Waals surface area contributed by atoms with E-state index < -0.39 is 6.10 Å². The van der Waals surface area contributed by atoms with Crippen LogP contribution in [0.1, 0.15) is 234 Å². The molecule has 0 fully saturated rings. The fourth-order valence-electron chi connectivity index (χ4n) is 6.40. The van der Waals surface area contributed by atoms with Gasteiger partial charge in [-0.25, -0.2) is 0 Å². The van der Waals surface area contributed by atoms with E-state index in [2.05, 4.69) is 34.6 Å². The first kappa shape index (κ1) is 48.4. The van der Waals surface area contributed by atoms with Crippen LogP contribution in [0.2, 0.25) is 0 Å². The average molecular weight is 709 g/mol. The Morgan fingerprint density at radius 1 is 0.380 bits per heavy atom. The van der Waals surface area contributed by atoms with Gasteiger partial charge in [0.2, 0.25) is 0 Å². The molecule has 0 aromatic heterocycles. The van der Waals surface area contributed by atoms with E-state index in [-0.39, 0.29) is 31.1 Å². The molecular formula is C44H84O6. The number of unbranched alkanes of at least 4 members (excludes halogenated alkanes) is 23. The summed E-state index contributed by atoms with van der Waals surface area (Å²) in [5.41, 5.74) is 0. The van der Waals surface area contributed by atoms with Gasteiger partial charge in [-0.2, -0.15) is 0 Å². The molecule has 296 valence electrons. The summed E-state index contributed by atoms with van der Waals surface area (Å²) in [5, 5.41) is 0. The average Bonchev–Trinajstić information content (AvgIpc) is 3.08. The van der Waals surface area contributed by atoms with E-state index in [0.717, 1.165) is 69.6 Å². The van der Waals surface area contributed by atoms with Crippen molar-refractivity contribution in [2.45, 2.75) is 240 Å². The van der Waals surface area contributed by atoms with Gasteiger partial charge in [0.15, 0.2) is 6.10 Å². The summed E-state index contributed by atoms with van der Waals surface area (Å²) >= 11 is 0.